The van der Waals surface area contributed by atoms with Crippen LogP contribution in [0.5, 0.6) is 0 Å². The number of rotatable bonds is 1. The van der Waals surface area contributed by atoms with E-state index in [9.17, 15) is 0 Å². The van der Waals surface area contributed by atoms with Crippen molar-refractivity contribution >= 4 is 0 Å². The van der Waals surface area contributed by atoms with Crippen molar-refractivity contribution in [2.24, 2.45) is 17.8 Å². The van der Waals surface area contributed by atoms with E-state index in [1.807, 2.05) is 0 Å². The van der Waals surface area contributed by atoms with Crippen molar-refractivity contribution in [1.29, 1.82) is 0 Å². The van der Waals surface area contributed by atoms with Crippen molar-refractivity contribution in [1.82, 2.24) is 0 Å². The summed E-state index contributed by atoms with van der Waals surface area (Å²) >= 11 is 0. The second kappa shape index (κ2) is 9.31. The Hall–Kier alpha value is -0.640. The fourth-order valence-corrected chi connectivity index (χ4v) is 3.46. The van der Waals surface area contributed by atoms with Gasteiger partial charge in [0.2, 0.25) is 0 Å². The minimum atomic E-state index is 1.03. The molecule has 0 aromatic rings. The van der Waals surface area contributed by atoms with Crippen molar-refractivity contribution in [2.75, 3.05) is 7.11 Å². The summed E-state index contributed by atoms with van der Waals surface area (Å²) in [6.07, 6.45) is 16.2. The zero-order valence-electron chi connectivity index (χ0n) is 12.5. The third-order valence-corrected chi connectivity index (χ3v) is 4.58. The van der Waals surface area contributed by atoms with Gasteiger partial charge in [-0.3, -0.25) is 0 Å². The molecule has 104 valence electrons. The lowest BCUT2D eigenvalue weighted by molar-refractivity contribution is 0.173. The molecule has 0 amide bonds. The van der Waals surface area contributed by atoms with E-state index in [1.54, 1.807) is 32.6 Å². The molecule has 1 nitrogen and oxygen atoms in total. The Bertz CT molecular complexity index is 247. The molecule has 0 N–H and O–H groups in total. The molecule has 0 bridgehead atoms. The summed E-state index contributed by atoms with van der Waals surface area (Å²) in [5.74, 6) is 5.82. The van der Waals surface area contributed by atoms with Crippen LogP contribution in [0, 0.1) is 29.8 Å². The van der Waals surface area contributed by atoms with Crippen LogP contribution in [0.15, 0.2) is 0 Å². The van der Waals surface area contributed by atoms with Gasteiger partial charge < -0.3 is 4.74 Å². The highest BCUT2D eigenvalue weighted by atomic mass is 16.5. The van der Waals surface area contributed by atoms with Gasteiger partial charge in [0.15, 0.2) is 0 Å². The quantitative estimate of drug-likeness (QED) is 0.595. The first-order valence-electron chi connectivity index (χ1n) is 7.72. The van der Waals surface area contributed by atoms with Gasteiger partial charge in [0, 0.05) is 6.92 Å². The van der Waals surface area contributed by atoms with E-state index in [0.717, 1.165) is 17.8 Å². The molecule has 0 unspecified atom stereocenters. The third-order valence-electron chi connectivity index (χ3n) is 4.58. The predicted molar refractivity (Wildman–Crippen MR) is 78.2 cm³/mol. The smallest absolute Gasteiger partial charge is 0.109 e. The molecule has 0 radical (unpaired) electrons. The van der Waals surface area contributed by atoms with Crippen LogP contribution in [0.4, 0.5) is 0 Å². The Kier molecular flexibility index (Phi) is 7.98. The lowest BCUT2D eigenvalue weighted by Crippen LogP contribution is -2.22. The van der Waals surface area contributed by atoms with Crippen LogP contribution >= 0.6 is 0 Å². The van der Waals surface area contributed by atoms with Gasteiger partial charge in [-0.1, -0.05) is 57.8 Å². The van der Waals surface area contributed by atoms with Crippen molar-refractivity contribution in [3.05, 3.63) is 0 Å². The highest BCUT2D eigenvalue weighted by Crippen LogP contribution is 2.39. The molecule has 2 aliphatic carbocycles. The molecule has 0 aliphatic heterocycles. The van der Waals surface area contributed by atoms with E-state index >= 15 is 0 Å². The second-order valence-electron chi connectivity index (χ2n) is 5.97. The average Bonchev–Trinajstić information content (AvgIpc) is 2.42. The van der Waals surface area contributed by atoms with E-state index in [2.05, 4.69) is 23.7 Å². The number of methoxy groups -OCH3 is 1. The molecule has 0 aromatic heterocycles. The molecule has 2 saturated carbocycles. The van der Waals surface area contributed by atoms with E-state index in [1.165, 1.54) is 39.2 Å². The first-order valence-corrected chi connectivity index (χ1v) is 7.72. The molecule has 0 heterocycles. The fraction of sp³-hybridized carbons (Fsp3) is 0.882. The zero-order valence-corrected chi connectivity index (χ0v) is 12.5. The van der Waals surface area contributed by atoms with Crippen LogP contribution in [-0.4, -0.2) is 7.11 Å². The predicted octanol–water partition coefficient (Wildman–Crippen LogP) is 5.01. The molecule has 0 aromatic carbocycles. The van der Waals surface area contributed by atoms with Gasteiger partial charge in [-0.25, -0.2) is 0 Å². The third kappa shape index (κ3) is 5.80. The van der Waals surface area contributed by atoms with Gasteiger partial charge in [0.1, 0.15) is 6.11 Å². The summed E-state index contributed by atoms with van der Waals surface area (Å²) in [7, 11) is 1.54. The minimum Gasteiger partial charge on any atom is -0.450 e. The molecule has 2 aliphatic rings. The summed E-state index contributed by atoms with van der Waals surface area (Å²) < 4.78 is 4.33. The van der Waals surface area contributed by atoms with Crippen LogP contribution in [0.1, 0.15) is 71.6 Å². The maximum absolute atomic E-state index is 4.33. The Morgan fingerprint density at radius 1 is 0.833 bits per heavy atom. The van der Waals surface area contributed by atoms with Crippen LogP contribution in [-0.2, 0) is 4.74 Å². The molecule has 2 fully saturated rings. The van der Waals surface area contributed by atoms with Crippen LogP contribution in [0.2, 0.25) is 0 Å². The largest absolute Gasteiger partial charge is 0.450 e. The Morgan fingerprint density at radius 3 is 1.83 bits per heavy atom. The van der Waals surface area contributed by atoms with Gasteiger partial charge in [0.05, 0.1) is 7.11 Å². The van der Waals surface area contributed by atoms with Crippen molar-refractivity contribution in [3.63, 3.8) is 0 Å². The van der Waals surface area contributed by atoms with Crippen LogP contribution in [0.25, 0.3) is 0 Å². The summed E-state index contributed by atoms with van der Waals surface area (Å²) in [4.78, 5) is 0. The highest BCUT2D eigenvalue weighted by molar-refractivity contribution is 4.84. The Balaban J connectivity index is 0.000000280. The topological polar surface area (TPSA) is 9.23 Å². The minimum absolute atomic E-state index is 1.03. The molecular formula is C17H30O. The molecule has 18 heavy (non-hydrogen) atoms. The maximum Gasteiger partial charge on any atom is 0.109 e. The zero-order chi connectivity index (χ0) is 13.2. The number of hydrogen-bond acceptors (Lipinski definition) is 1. The highest BCUT2D eigenvalue weighted by Gasteiger charge is 2.26. The number of ether oxygens (including phenoxy) is 1. The average molecular weight is 250 g/mol. The van der Waals surface area contributed by atoms with Crippen LogP contribution in [0.3, 0.4) is 0 Å². The second-order valence-corrected chi connectivity index (χ2v) is 5.97. The monoisotopic (exact) mass is 250 g/mol. The van der Waals surface area contributed by atoms with Crippen molar-refractivity contribution < 1.29 is 4.74 Å². The van der Waals surface area contributed by atoms with E-state index in [-0.39, 0.29) is 0 Å². The first-order chi connectivity index (χ1) is 8.77. The summed E-state index contributed by atoms with van der Waals surface area (Å²) in [5.41, 5.74) is 0. The van der Waals surface area contributed by atoms with Crippen molar-refractivity contribution in [3.8, 4) is 12.0 Å². The summed E-state index contributed by atoms with van der Waals surface area (Å²) in [6.45, 7) is 4.15. The maximum atomic E-state index is 4.33. The molecule has 2 rings (SSSR count). The summed E-state index contributed by atoms with van der Waals surface area (Å²) in [5, 5.41) is 0. The number of hydrogen-bond donors (Lipinski definition) is 0. The molecule has 1 heteroatoms. The molecular weight excluding hydrogens is 220 g/mol. The van der Waals surface area contributed by atoms with E-state index in [0.29, 0.717) is 0 Å². The lowest BCUT2D eigenvalue weighted by atomic mass is 9.71. The van der Waals surface area contributed by atoms with Gasteiger partial charge in [-0.15, -0.1) is 0 Å². The lowest BCUT2D eigenvalue weighted by Gasteiger charge is -2.34. The summed E-state index contributed by atoms with van der Waals surface area (Å²) in [6, 6.07) is 0. The normalized spacial score (nSPS) is 28.4. The first kappa shape index (κ1) is 15.4. The molecule has 0 spiro atoms. The molecule has 0 atom stereocenters. The van der Waals surface area contributed by atoms with Crippen LogP contribution < -0.4 is 0 Å². The van der Waals surface area contributed by atoms with Gasteiger partial charge in [-0.05, 0) is 30.6 Å². The van der Waals surface area contributed by atoms with E-state index < -0.39 is 0 Å². The van der Waals surface area contributed by atoms with E-state index in [4.69, 9.17) is 0 Å². The van der Waals surface area contributed by atoms with Gasteiger partial charge in [-0.2, -0.15) is 0 Å². The standard InChI is InChI=1S/C13H24.C4H6O/c1-11-7-9-13(10-8-11)12-5-3-2-4-6-12;1-3-4-5-2/h11-13H,2-10H2,1H3;1-2H3. The Labute approximate surface area is 114 Å². The Morgan fingerprint density at radius 2 is 1.39 bits per heavy atom. The molecule has 0 saturated heterocycles. The fourth-order valence-electron chi connectivity index (χ4n) is 3.46. The van der Waals surface area contributed by atoms with Crippen molar-refractivity contribution in [2.45, 2.75) is 71.6 Å². The van der Waals surface area contributed by atoms with Gasteiger partial charge in [0.25, 0.3) is 0 Å². The van der Waals surface area contributed by atoms with Gasteiger partial charge >= 0.3 is 0 Å². The SMILES string of the molecule is CC#COC.CC1CCC(C2CCCCC2)CC1.